The molecule has 6 heteroatoms. The standard InChI is InChI=1S/C11H12N4O2/c1-3-9-13-7(2)4-10(14-9)15-5-8(11(16)17)12-6-15/h4-6H,3H2,1-2H3,(H,16,17). The van der Waals surface area contributed by atoms with Crippen LogP contribution in [0.25, 0.3) is 5.82 Å². The number of hydrogen-bond donors (Lipinski definition) is 1. The van der Waals surface area contributed by atoms with Crippen molar-refractivity contribution in [3.05, 3.63) is 35.8 Å². The summed E-state index contributed by atoms with van der Waals surface area (Å²) in [5.74, 6) is 0.310. The normalized spacial score (nSPS) is 10.5. The lowest BCUT2D eigenvalue weighted by Crippen LogP contribution is -2.02. The molecule has 1 N–H and O–H groups in total. The monoisotopic (exact) mass is 232 g/mol. The van der Waals surface area contributed by atoms with Crippen LogP contribution in [-0.4, -0.2) is 30.6 Å². The Bertz CT molecular complexity index is 562. The van der Waals surface area contributed by atoms with Gasteiger partial charge in [-0.05, 0) is 6.92 Å². The maximum absolute atomic E-state index is 10.7. The fraction of sp³-hybridized carbons (Fsp3) is 0.273. The first kappa shape index (κ1) is 11.3. The van der Waals surface area contributed by atoms with E-state index in [1.54, 1.807) is 10.6 Å². The van der Waals surface area contributed by atoms with E-state index in [-0.39, 0.29) is 5.69 Å². The van der Waals surface area contributed by atoms with Gasteiger partial charge in [-0.3, -0.25) is 4.57 Å². The van der Waals surface area contributed by atoms with Crippen molar-refractivity contribution in [3.63, 3.8) is 0 Å². The van der Waals surface area contributed by atoms with Gasteiger partial charge in [0, 0.05) is 24.4 Å². The molecule has 0 aromatic carbocycles. The van der Waals surface area contributed by atoms with Crippen LogP contribution < -0.4 is 0 Å². The van der Waals surface area contributed by atoms with Gasteiger partial charge in [0.15, 0.2) is 5.69 Å². The zero-order valence-electron chi connectivity index (χ0n) is 9.58. The molecule has 17 heavy (non-hydrogen) atoms. The van der Waals surface area contributed by atoms with Crippen LogP contribution >= 0.6 is 0 Å². The Labute approximate surface area is 98.0 Å². The Morgan fingerprint density at radius 2 is 2.24 bits per heavy atom. The number of imidazole rings is 1. The molecule has 0 aliphatic carbocycles. The topological polar surface area (TPSA) is 80.9 Å². The molecule has 0 aliphatic rings. The molecule has 2 aromatic heterocycles. The molecule has 88 valence electrons. The second-order valence-corrected chi connectivity index (χ2v) is 3.61. The third-order valence-electron chi connectivity index (χ3n) is 2.27. The van der Waals surface area contributed by atoms with Gasteiger partial charge in [0.05, 0.1) is 0 Å². The second kappa shape index (κ2) is 4.32. The Morgan fingerprint density at radius 1 is 1.47 bits per heavy atom. The number of rotatable bonds is 3. The van der Waals surface area contributed by atoms with E-state index >= 15 is 0 Å². The van der Waals surface area contributed by atoms with Crippen molar-refractivity contribution in [2.45, 2.75) is 20.3 Å². The van der Waals surface area contributed by atoms with Crippen molar-refractivity contribution < 1.29 is 9.90 Å². The summed E-state index contributed by atoms with van der Waals surface area (Å²) in [5.41, 5.74) is 0.844. The predicted molar refractivity (Wildman–Crippen MR) is 60.2 cm³/mol. The summed E-state index contributed by atoms with van der Waals surface area (Å²) in [4.78, 5) is 23.1. The Morgan fingerprint density at radius 3 is 2.82 bits per heavy atom. The van der Waals surface area contributed by atoms with Crippen LogP contribution in [0.1, 0.15) is 28.9 Å². The highest BCUT2D eigenvalue weighted by molar-refractivity contribution is 5.85. The molecule has 6 nitrogen and oxygen atoms in total. The van der Waals surface area contributed by atoms with Crippen molar-refractivity contribution in [2.24, 2.45) is 0 Å². The minimum Gasteiger partial charge on any atom is -0.476 e. The van der Waals surface area contributed by atoms with Crippen LogP contribution in [0.15, 0.2) is 18.6 Å². The highest BCUT2D eigenvalue weighted by atomic mass is 16.4. The zero-order chi connectivity index (χ0) is 12.4. The van der Waals surface area contributed by atoms with Gasteiger partial charge < -0.3 is 5.11 Å². The maximum Gasteiger partial charge on any atom is 0.356 e. The smallest absolute Gasteiger partial charge is 0.356 e. The molecule has 0 saturated heterocycles. The quantitative estimate of drug-likeness (QED) is 0.860. The number of carbonyl (C=O) groups is 1. The number of aromatic carboxylic acids is 1. The van der Waals surface area contributed by atoms with Crippen molar-refractivity contribution >= 4 is 5.97 Å². The summed E-state index contributed by atoms with van der Waals surface area (Å²) in [7, 11) is 0. The Balaban J connectivity index is 2.44. The summed E-state index contributed by atoms with van der Waals surface area (Å²) < 4.78 is 1.58. The third kappa shape index (κ3) is 2.30. The van der Waals surface area contributed by atoms with Crippen LogP contribution in [0.2, 0.25) is 0 Å². The second-order valence-electron chi connectivity index (χ2n) is 3.61. The average Bonchev–Trinajstić information content (AvgIpc) is 2.77. The molecule has 0 spiro atoms. The number of aryl methyl sites for hydroxylation is 2. The van der Waals surface area contributed by atoms with E-state index in [1.807, 2.05) is 13.8 Å². The third-order valence-corrected chi connectivity index (χ3v) is 2.27. The summed E-state index contributed by atoms with van der Waals surface area (Å²) in [6.45, 7) is 3.84. The Kier molecular flexibility index (Phi) is 2.86. The van der Waals surface area contributed by atoms with E-state index in [0.717, 1.165) is 17.9 Å². The van der Waals surface area contributed by atoms with E-state index in [0.29, 0.717) is 5.82 Å². The SMILES string of the molecule is CCc1nc(C)cc(-n2cnc(C(=O)O)c2)n1. The summed E-state index contributed by atoms with van der Waals surface area (Å²) in [6.07, 6.45) is 3.60. The first-order valence-corrected chi connectivity index (χ1v) is 5.22. The molecule has 0 amide bonds. The van der Waals surface area contributed by atoms with E-state index < -0.39 is 5.97 Å². The lowest BCUT2D eigenvalue weighted by Gasteiger charge is -2.04. The first-order chi connectivity index (χ1) is 8.10. The van der Waals surface area contributed by atoms with E-state index in [4.69, 9.17) is 5.11 Å². The lowest BCUT2D eigenvalue weighted by molar-refractivity contribution is 0.0691. The summed E-state index contributed by atoms with van der Waals surface area (Å²) in [6, 6.07) is 1.78. The molecular weight excluding hydrogens is 220 g/mol. The molecule has 0 fully saturated rings. The number of hydrogen-bond acceptors (Lipinski definition) is 4. The van der Waals surface area contributed by atoms with E-state index in [1.165, 1.54) is 12.5 Å². The number of nitrogens with zero attached hydrogens (tertiary/aromatic N) is 4. The lowest BCUT2D eigenvalue weighted by atomic mass is 10.3. The first-order valence-electron chi connectivity index (χ1n) is 5.22. The molecular formula is C11H12N4O2. The van der Waals surface area contributed by atoms with Gasteiger partial charge in [0.1, 0.15) is 18.0 Å². The molecule has 0 atom stereocenters. The van der Waals surface area contributed by atoms with Crippen LogP contribution in [0.3, 0.4) is 0 Å². The molecule has 2 heterocycles. The molecule has 0 saturated carbocycles. The van der Waals surface area contributed by atoms with Crippen LogP contribution in [-0.2, 0) is 6.42 Å². The Hall–Kier alpha value is -2.24. The van der Waals surface area contributed by atoms with Gasteiger partial charge in [0.2, 0.25) is 0 Å². The number of carboxylic acids is 1. The highest BCUT2D eigenvalue weighted by Gasteiger charge is 2.09. The number of carboxylic acid groups (broad SMARTS) is 1. The minimum atomic E-state index is -1.05. The molecule has 2 rings (SSSR count). The molecule has 0 radical (unpaired) electrons. The molecule has 0 bridgehead atoms. The minimum absolute atomic E-state index is 0.000635. The highest BCUT2D eigenvalue weighted by Crippen LogP contribution is 2.08. The van der Waals surface area contributed by atoms with Crippen LogP contribution in [0.5, 0.6) is 0 Å². The van der Waals surface area contributed by atoms with E-state index in [9.17, 15) is 4.79 Å². The van der Waals surface area contributed by atoms with Gasteiger partial charge >= 0.3 is 5.97 Å². The average molecular weight is 232 g/mol. The maximum atomic E-state index is 10.7. The number of aromatic nitrogens is 4. The molecule has 0 unspecified atom stereocenters. The van der Waals surface area contributed by atoms with Crippen molar-refractivity contribution in [3.8, 4) is 5.82 Å². The fourth-order valence-electron chi connectivity index (χ4n) is 1.46. The largest absolute Gasteiger partial charge is 0.476 e. The van der Waals surface area contributed by atoms with E-state index in [2.05, 4.69) is 15.0 Å². The van der Waals surface area contributed by atoms with Crippen LogP contribution in [0, 0.1) is 6.92 Å². The predicted octanol–water partition coefficient (Wildman–Crippen LogP) is 1.23. The van der Waals surface area contributed by atoms with Gasteiger partial charge in [-0.15, -0.1) is 0 Å². The van der Waals surface area contributed by atoms with Gasteiger partial charge in [-0.25, -0.2) is 19.7 Å². The zero-order valence-corrected chi connectivity index (χ0v) is 9.58. The van der Waals surface area contributed by atoms with Crippen LogP contribution in [0.4, 0.5) is 0 Å². The van der Waals surface area contributed by atoms with Gasteiger partial charge in [0.25, 0.3) is 0 Å². The molecule has 2 aromatic rings. The van der Waals surface area contributed by atoms with Gasteiger partial charge in [-0.2, -0.15) is 0 Å². The summed E-state index contributed by atoms with van der Waals surface area (Å²) >= 11 is 0. The fourth-order valence-corrected chi connectivity index (χ4v) is 1.46. The molecule has 0 aliphatic heterocycles. The van der Waals surface area contributed by atoms with Crippen molar-refractivity contribution in [1.29, 1.82) is 0 Å². The summed E-state index contributed by atoms with van der Waals surface area (Å²) in [5, 5.41) is 8.79. The van der Waals surface area contributed by atoms with Crippen molar-refractivity contribution in [2.75, 3.05) is 0 Å². The van der Waals surface area contributed by atoms with Gasteiger partial charge in [-0.1, -0.05) is 6.92 Å². The van der Waals surface area contributed by atoms with Crippen molar-refractivity contribution in [1.82, 2.24) is 19.5 Å².